The third-order valence-corrected chi connectivity index (χ3v) is 14.4. The van der Waals surface area contributed by atoms with Gasteiger partial charge in [0.2, 0.25) is 23.6 Å². The molecule has 16 heteroatoms. The van der Waals surface area contributed by atoms with Crippen LogP contribution in [0.1, 0.15) is 49.9 Å². The van der Waals surface area contributed by atoms with Crippen LogP contribution >= 0.6 is 23.5 Å². The van der Waals surface area contributed by atoms with Crippen LogP contribution in [0.15, 0.2) is 121 Å². The number of hydrogen-bond acceptors (Lipinski definition) is 10. The molecule has 4 unspecified atom stereocenters. The summed E-state index contributed by atoms with van der Waals surface area (Å²) in [5.41, 5.74) is 3.54. The zero-order valence-corrected chi connectivity index (χ0v) is 39.7. The molecule has 350 valence electrons. The summed E-state index contributed by atoms with van der Waals surface area (Å²) in [6, 6.07) is 35.0. The van der Waals surface area contributed by atoms with Crippen LogP contribution in [0.25, 0.3) is 0 Å². The molecule has 0 aromatic heterocycles. The van der Waals surface area contributed by atoms with Gasteiger partial charge in [0.1, 0.15) is 12.1 Å². The van der Waals surface area contributed by atoms with Gasteiger partial charge in [-0.25, -0.2) is 0 Å². The van der Waals surface area contributed by atoms with Crippen LogP contribution in [-0.4, -0.2) is 106 Å². The lowest BCUT2D eigenvalue weighted by Gasteiger charge is -2.37. The number of thioether (sulfide) groups is 2. The molecule has 0 aliphatic carbocycles. The molecule has 14 nitrogen and oxygen atoms in total. The first-order valence-corrected chi connectivity index (χ1v) is 24.0. The molecule has 66 heavy (non-hydrogen) atoms. The summed E-state index contributed by atoms with van der Waals surface area (Å²) in [7, 11) is 0. The van der Waals surface area contributed by atoms with E-state index in [0.29, 0.717) is 25.9 Å². The molecule has 0 bridgehead atoms. The zero-order chi connectivity index (χ0) is 47.2. The normalized spacial score (nSPS) is 20.2. The first-order chi connectivity index (χ1) is 31.6. The highest BCUT2D eigenvalue weighted by atomic mass is 32.2. The SMILES string of the molecule is CC1(C)CNC(C(=O)NCCNC(=O)C2(C(NC(=O)Cc3ccccc3)C(=O)NCCc3ccccc3)NCC(C)(C)S2)(C(NC(=O)Cc2ccccc2)C(=O)NCCc2ccccc2)S1. The summed E-state index contributed by atoms with van der Waals surface area (Å²) in [5, 5.41) is 24.2. The van der Waals surface area contributed by atoms with Crippen LogP contribution < -0.4 is 42.5 Å². The summed E-state index contributed by atoms with van der Waals surface area (Å²) in [5.74, 6) is -3.01. The largest absolute Gasteiger partial charge is 0.354 e. The van der Waals surface area contributed by atoms with Gasteiger partial charge in [0.15, 0.2) is 9.74 Å². The molecule has 2 saturated heterocycles. The van der Waals surface area contributed by atoms with Gasteiger partial charge in [-0.1, -0.05) is 121 Å². The molecule has 4 aromatic rings. The topological polar surface area (TPSA) is 199 Å². The fourth-order valence-electron chi connectivity index (χ4n) is 8.00. The monoisotopic (exact) mass is 934 g/mol. The second-order valence-electron chi connectivity index (χ2n) is 17.8. The third kappa shape index (κ3) is 13.5. The van der Waals surface area contributed by atoms with Crippen molar-refractivity contribution in [3.63, 3.8) is 0 Å². The maximum Gasteiger partial charge on any atom is 0.253 e. The maximum absolute atomic E-state index is 14.6. The predicted octanol–water partition coefficient (Wildman–Crippen LogP) is 3.01. The Morgan fingerprint density at radius 3 is 1.09 bits per heavy atom. The molecular weight excluding hydrogens is 873 g/mol. The Morgan fingerprint density at radius 1 is 0.470 bits per heavy atom. The highest BCUT2D eigenvalue weighted by Gasteiger charge is 2.59. The average Bonchev–Trinajstić information content (AvgIpc) is 3.82. The third-order valence-electron chi connectivity index (χ3n) is 11.3. The number of hydrogen-bond donors (Lipinski definition) is 8. The van der Waals surface area contributed by atoms with Crippen LogP contribution in [0.2, 0.25) is 0 Å². The van der Waals surface area contributed by atoms with E-state index in [1.165, 1.54) is 23.5 Å². The van der Waals surface area contributed by atoms with Crippen LogP contribution in [0.3, 0.4) is 0 Å². The van der Waals surface area contributed by atoms with E-state index in [9.17, 15) is 28.8 Å². The lowest BCUT2D eigenvalue weighted by molar-refractivity contribution is -0.135. The smallest absolute Gasteiger partial charge is 0.253 e. The molecular formula is C50H62N8O6S2. The van der Waals surface area contributed by atoms with E-state index < -0.39 is 66.8 Å². The number of nitrogens with one attached hydrogen (secondary N) is 8. The molecule has 2 heterocycles. The van der Waals surface area contributed by atoms with Gasteiger partial charge in [-0.2, -0.15) is 0 Å². The molecule has 8 N–H and O–H groups in total. The Labute approximate surface area is 396 Å². The second-order valence-corrected chi connectivity index (χ2v) is 21.7. The van der Waals surface area contributed by atoms with Crippen LogP contribution in [0.5, 0.6) is 0 Å². The quantitative estimate of drug-likeness (QED) is 0.0576. The van der Waals surface area contributed by atoms with Gasteiger partial charge in [0.05, 0.1) is 12.8 Å². The van der Waals surface area contributed by atoms with E-state index in [2.05, 4.69) is 42.5 Å². The van der Waals surface area contributed by atoms with E-state index in [0.717, 1.165) is 22.3 Å². The first kappa shape index (κ1) is 49.7. The van der Waals surface area contributed by atoms with Crippen molar-refractivity contribution in [3.8, 4) is 0 Å². The summed E-state index contributed by atoms with van der Waals surface area (Å²) in [6.45, 7) is 8.95. The summed E-state index contributed by atoms with van der Waals surface area (Å²) in [4.78, 5) is 81.7. The summed E-state index contributed by atoms with van der Waals surface area (Å²) in [6.07, 6.45) is 1.08. The van der Waals surface area contributed by atoms with Crippen LogP contribution in [0, 0.1) is 0 Å². The molecule has 0 saturated carbocycles. The van der Waals surface area contributed by atoms with Crippen molar-refractivity contribution in [2.45, 2.75) is 84.7 Å². The lowest BCUT2D eigenvalue weighted by atomic mass is 10.0. The van der Waals surface area contributed by atoms with Crippen LogP contribution in [0.4, 0.5) is 0 Å². The standard InChI is InChI=1S/C50H62N8O6S2/c1-47(2)33-55-49(65-47,41(57-39(59)31-37-21-13-7-14-22-37)43(61)51-27-25-35-17-9-5-10-18-35)45(63)53-29-30-54-46(64)50(56-34-48(3,4)66-50)42(58-40(60)32-38-23-15-8-16-24-38)44(62)52-28-26-36-19-11-6-12-20-36/h5-24,41-42,55-56H,25-34H2,1-4H3,(H,51,61)(H,52,62)(H,53,63)(H,54,64)(H,57,59)(H,58,60). The Bertz CT molecular complexity index is 2130. The zero-order valence-electron chi connectivity index (χ0n) is 38.0. The van der Waals surface area contributed by atoms with Gasteiger partial charge < -0.3 is 31.9 Å². The fraction of sp³-hybridized carbons (Fsp3) is 0.400. The van der Waals surface area contributed by atoms with Crippen molar-refractivity contribution in [2.24, 2.45) is 0 Å². The number of carbonyl (C=O) groups is 6. The number of rotatable bonds is 21. The first-order valence-electron chi connectivity index (χ1n) is 22.4. The summed E-state index contributed by atoms with van der Waals surface area (Å²) < 4.78 is -1.02. The number of carbonyl (C=O) groups excluding carboxylic acids is 6. The van der Waals surface area contributed by atoms with E-state index in [4.69, 9.17) is 0 Å². The summed E-state index contributed by atoms with van der Waals surface area (Å²) >= 11 is 2.51. The molecule has 6 rings (SSSR count). The van der Waals surface area contributed by atoms with Gasteiger partial charge >= 0.3 is 0 Å². The molecule has 2 aliphatic heterocycles. The minimum absolute atomic E-state index is 0.00419. The van der Waals surface area contributed by atoms with Gasteiger partial charge in [-0.15, -0.1) is 23.5 Å². The Kier molecular flexibility index (Phi) is 17.1. The highest BCUT2D eigenvalue weighted by molar-refractivity contribution is 8.03. The molecule has 0 radical (unpaired) electrons. The van der Waals surface area contributed by atoms with Gasteiger partial charge in [0.25, 0.3) is 11.8 Å². The van der Waals surface area contributed by atoms with E-state index in [1.54, 1.807) is 0 Å². The van der Waals surface area contributed by atoms with Gasteiger partial charge in [0, 0.05) is 48.8 Å². The van der Waals surface area contributed by atoms with E-state index >= 15 is 0 Å². The van der Waals surface area contributed by atoms with Crippen LogP contribution in [-0.2, 0) is 54.5 Å². The number of amides is 6. The molecule has 4 atom stereocenters. The van der Waals surface area contributed by atoms with Gasteiger partial charge in [-0.3, -0.25) is 39.4 Å². The minimum atomic E-state index is -1.63. The molecule has 6 amide bonds. The second kappa shape index (κ2) is 22.7. The molecule has 0 spiro atoms. The maximum atomic E-state index is 14.6. The van der Waals surface area contributed by atoms with Crippen molar-refractivity contribution in [1.29, 1.82) is 0 Å². The Balaban J connectivity index is 1.18. The van der Waals surface area contributed by atoms with Crippen molar-refractivity contribution in [2.75, 3.05) is 39.3 Å². The minimum Gasteiger partial charge on any atom is -0.354 e. The highest BCUT2D eigenvalue weighted by Crippen LogP contribution is 2.44. The van der Waals surface area contributed by atoms with Crippen molar-refractivity contribution in [3.05, 3.63) is 144 Å². The Morgan fingerprint density at radius 2 is 0.788 bits per heavy atom. The van der Waals surface area contributed by atoms with Crippen molar-refractivity contribution >= 4 is 59.0 Å². The molecule has 2 aliphatic rings. The van der Waals surface area contributed by atoms with E-state index in [1.807, 2.05) is 149 Å². The van der Waals surface area contributed by atoms with Crippen molar-refractivity contribution < 1.29 is 28.8 Å². The lowest BCUT2D eigenvalue weighted by Crippen LogP contribution is -2.69. The van der Waals surface area contributed by atoms with Crippen molar-refractivity contribution in [1.82, 2.24) is 42.5 Å². The average molecular weight is 935 g/mol. The fourth-order valence-corrected chi connectivity index (χ4v) is 11.2. The Hall–Kier alpha value is -5.68. The number of benzene rings is 4. The van der Waals surface area contributed by atoms with E-state index in [-0.39, 0.29) is 39.0 Å². The molecule has 4 aromatic carbocycles. The predicted molar refractivity (Wildman–Crippen MR) is 261 cm³/mol. The molecule has 2 fully saturated rings. The van der Waals surface area contributed by atoms with Gasteiger partial charge in [-0.05, 0) is 62.8 Å².